The lowest BCUT2D eigenvalue weighted by Crippen LogP contribution is -1.95. The highest BCUT2D eigenvalue weighted by molar-refractivity contribution is 5.90. The molecule has 1 heterocycles. The fourth-order valence-corrected chi connectivity index (χ4v) is 1.73. The van der Waals surface area contributed by atoms with Gasteiger partial charge in [-0.05, 0) is 43.2 Å². The van der Waals surface area contributed by atoms with E-state index in [-0.39, 0.29) is 5.69 Å². The molecule has 0 aliphatic heterocycles. The Morgan fingerprint density at radius 2 is 1.94 bits per heavy atom. The molecule has 0 fully saturated rings. The van der Waals surface area contributed by atoms with Crippen LogP contribution in [0.3, 0.4) is 0 Å². The molecule has 5 heteroatoms. The minimum atomic E-state index is -1.08. The quantitative estimate of drug-likeness (QED) is 0.811. The summed E-state index contributed by atoms with van der Waals surface area (Å²) in [6.07, 6.45) is 0.747. The first-order valence-corrected chi connectivity index (χ1v) is 5.38. The van der Waals surface area contributed by atoms with Crippen molar-refractivity contribution >= 4 is 12.3 Å². The zero-order chi connectivity index (χ0) is 13.3. The predicted molar refractivity (Wildman–Crippen MR) is 65.8 cm³/mol. The van der Waals surface area contributed by atoms with Gasteiger partial charge < -0.3 is 5.11 Å². The molecular formula is C13H12N2O3. The number of aromatic amines is 1. The Kier molecular flexibility index (Phi) is 2.97. The third-order valence-corrected chi connectivity index (χ3v) is 2.88. The largest absolute Gasteiger partial charge is 0.477 e. The smallest absolute Gasteiger partial charge is 0.353 e. The van der Waals surface area contributed by atoms with Gasteiger partial charge in [0.05, 0.1) is 5.69 Å². The van der Waals surface area contributed by atoms with Gasteiger partial charge >= 0.3 is 5.97 Å². The number of H-pyrrole nitrogens is 1. The number of carbonyl (C=O) groups excluding carboxylic acids is 1. The third-order valence-electron chi connectivity index (χ3n) is 2.88. The summed E-state index contributed by atoms with van der Waals surface area (Å²) in [7, 11) is 0. The van der Waals surface area contributed by atoms with Crippen LogP contribution in [0.4, 0.5) is 0 Å². The normalized spacial score (nSPS) is 10.3. The average Bonchev–Trinajstić information content (AvgIpc) is 2.81. The molecule has 2 aromatic rings. The van der Waals surface area contributed by atoms with Crippen molar-refractivity contribution < 1.29 is 14.7 Å². The average molecular weight is 244 g/mol. The molecule has 0 atom stereocenters. The zero-order valence-electron chi connectivity index (χ0n) is 10.0. The molecule has 0 saturated carbocycles. The summed E-state index contributed by atoms with van der Waals surface area (Å²) in [6.45, 7) is 3.84. The number of aromatic nitrogens is 2. The van der Waals surface area contributed by atoms with Gasteiger partial charge in [0.2, 0.25) is 0 Å². The summed E-state index contributed by atoms with van der Waals surface area (Å²) >= 11 is 0. The number of rotatable bonds is 3. The molecule has 18 heavy (non-hydrogen) atoms. The topological polar surface area (TPSA) is 83.0 Å². The van der Waals surface area contributed by atoms with Crippen LogP contribution in [-0.4, -0.2) is 27.6 Å². The van der Waals surface area contributed by atoms with Crippen LogP contribution in [0.2, 0.25) is 0 Å². The van der Waals surface area contributed by atoms with Gasteiger partial charge in [-0.2, -0.15) is 5.10 Å². The van der Waals surface area contributed by atoms with E-state index in [1.54, 1.807) is 6.07 Å². The van der Waals surface area contributed by atoms with E-state index in [0.29, 0.717) is 16.8 Å². The second kappa shape index (κ2) is 4.44. The van der Waals surface area contributed by atoms with Gasteiger partial charge in [0, 0.05) is 11.1 Å². The highest BCUT2D eigenvalue weighted by Gasteiger charge is 2.13. The first kappa shape index (κ1) is 12.0. The van der Waals surface area contributed by atoms with Gasteiger partial charge in [0.1, 0.15) is 5.69 Å². The van der Waals surface area contributed by atoms with Crippen LogP contribution in [0.5, 0.6) is 0 Å². The van der Waals surface area contributed by atoms with Crippen molar-refractivity contribution in [1.29, 1.82) is 0 Å². The van der Waals surface area contributed by atoms with Crippen molar-refractivity contribution in [2.24, 2.45) is 0 Å². The predicted octanol–water partition coefficient (Wildman–Crippen LogP) is 2.20. The van der Waals surface area contributed by atoms with Gasteiger partial charge in [-0.15, -0.1) is 0 Å². The fraction of sp³-hybridized carbons (Fsp3) is 0.154. The Morgan fingerprint density at radius 3 is 2.50 bits per heavy atom. The molecule has 2 rings (SSSR count). The molecule has 0 amide bonds. The van der Waals surface area contributed by atoms with Gasteiger partial charge in [0.25, 0.3) is 0 Å². The second-order valence-electron chi connectivity index (χ2n) is 4.11. The Bertz CT molecular complexity index is 629. The minimum absolute atomic E-state index is 0.0000713. The molecule has 0 unspecified atom stereocenters. The van der Waals surface area contributed by atoms with Crippen molar-refractivity contribution in [1.82, 2.24) is 10.2 Å². The number of carboxylic acids is 1. The summed E-state index contributed by atoms with van der Waals surface area (Å²) in [5, 5.41) is 15.2. The van der Waals surface area contributed by atoms with Crippen LogP contribution >= 0.6 is 0 Å². The van der Waals surface area contributed by atoms with Crippen LogP contribution in [0.25, 0.3) is 11.3 Å². The van der Waals surface area contributed by atoms with Crippen LogP contribution < -0.4 is 0 Å². The van der Waals surface area contributed by atoms with Crippen LogP contribution in [0, 0.1) is 13.8 Å². The molecule has 0 aliphatic rings. The van der Waals surface area contributed by atoms with E-state index in [1.165, 1.54) is 6.07 Å². The first-order chi connectivity index (χ1) is 8.52. The highest BCUT2D eigenvalue weighted by Crippen LogP contribution is 2.24. The Labute approximate surface area is 103 Å². The maximum atomic E-state index is 11.1. The second-order valence-corrected chi connectivity index (χ2v) is 4.11. The SMILES string of the molecule is Cc1cc(C=O)c(-c2cc(C(=O)O)[nH]n2)cc1C. The summed E-state index contributed by atoms with van der Waals surface area (Å²) in [6, 6.07) is 5.02. The number of benzene rings is 1. The summed E-state index contributed by atoms with van der Waals surface area (Å²) < 4.78 is 0. The molecule has 2 N–H and O–H groups in total. The summed E-state index contributed by atoms with van der Waals surface area (Å²) in [5.41, 5.74) is 3.63. The molecule has 1 aromatic carbocycles. The lowest BCUT2D eigenvalue weighted by Gasteiger charge is -2.06. The number of nitrogens with one attached hydrogen (secondary N) is 1. The summed E-state index contributed by atoms with van der Waals surface area (Å²) in [4.78, 5) is 21.8. The lowest BCUT2D eigenvalue weighted by molar-refractivity contribution is 0.0690. The van der Waals surface area contributed by atoms with Crippen LogP contribution in [0.15, 0.2) is 18.2 Å². The van der Waals surface area contributed by atoms with E-state index >= 15 is 0 Å². The van der Waals surface area contributed by atoms with E-state index < -0.39 is 5.97 Å². The number of carbonyl (C=O) groups is 2. The molecule has 0 bridgehead atoms. The highest BCUT2D eigenvalue weighted by atomic mass is 16.4. The van der Waals surface area contributed by atoms with Crippen molar-refractivity contribution in [3.05, 3.63) is 40.6 Å². The first-order valence-electron chi connectivity index (χ1n) is 5.38. The number of carboxylic acid groups (broad SMARTS) is 1. The number of aryl methyl sites for hydroxylation is 2. The van der Waals surface area contributed by atoms with Gasteiger partial charge in [-0.25, -0.2) is 4.79 Å². The van der Waals surface area contributed by atoms with E-state index in [0.717, 1.165) is 17.4 Å². The molecule has 5 nitrogen and oxygen atoms in total. The number of hydrogen-bond donors (Lipinski definition) is 2. The Hall–Kier alpha value is -2.43. The Morgan fingerprint density at radius 1 is 1.28 bits per heavy atom. The number of aldehydes is 1. The standard InChI is InChI=1S/C13H12N2O3/c1-7-3-9(6-16)10(4-8(7)2)11-5-12(13(17)18)15-14-11/h3-6H,1-2H3,(H,14,15)(H,17,18). The number of nitrogens with zero attached hydrogens (tertiary/aromatic N) is 1. The summed E-state index contributed by atoms with van der Waals surface area (Å²) in [5.74, 6) is -1.08. The van der Waals surface area contributed by atoms with E-state index in [9.17, 15) is 9.59 Å². The van der Waals surface area contributed by atoms with E-state index in [4.69, 9.17) is 5.11 Å². The molecule has 1 aromatic heterocycles. The molecule has 92 valence electrons. The van der Waals surface area contributed by atoms with Crippen molar-refractivity contribution in [3.63, 3.8) is 0 Å². The van der Waals surface area contributed by atoms with E-state index in [2.05, 4.69) is 10.2 Å². The monoisotopic (exact) mass is 244 g/mol. The van der Waals surface area contributed by atoms with Gasteiger partial charge in [-0.3, -0.25) is 9.89 Å². The minimum Gasteiger partial charge on any atom is -0.477 e. The van der Waals surface area contributed by atoms with Gasteiger partial charge in [-0.1, -0.05) is 0 Å². The third kappa shape index (κ3) is 2.02. The molecule has 0 spiro atoms. The van der Waals surface area contributed by atoms with E-state index in [1.807, 2.05) is 19.9 Å². The van der Waals surface area contributed by atoms with Crippen molar-refractivity contribution in [2.75, 3.05) is 0 Å². The van der Waals surface area contributed by atoms with Crippen LogP contribution in [-0.2, 0) is 0 Å². The van der Waals surface area contributed by atoms with Crippen molar-refractivity contribution in [2.45, 2.75) is 13.8 Å². The molecule has 0 radical (unpaired) electrons. The van der Waals surface area contributed by atoms with Gasteiger partial charge in [0.15, 0.2) is 6.29 Å². The fourth-order valence-electron chi connectivity index (χ4n) is 1.73. The van der Waals surface area contributed by atoms with Crippen molar-refractivity contribution in [3.8, 4) is 11.3 Å². The maximum Gasteiger partial charge on any atom is 0.353 e. The number of aromatic carboxylic acids is 1. The molecule has 0 saturated heterocycles. The molecular weight excluding hydrogens is 232 g/mol. The Balaban J connectivity index is 2.58. The number of hydrogen-bond acceptors (Lipinski definition) is 3. The maximum absolute atomic E-state index is 11.1. The lowest BCUT2D eigenvalue weighted by atomic mass is 9.98. The molecule has 0 aliphatic carbocycles. The zero-order valence-corrected chi connectivity index (χ0v) is 10.0. The van der Waals surface area contributed by atoms with Crippen LogP contribution in [0.1, 0.15) is 32.0 Å².